The highest BCUT2D eigenvalue weighted by Gasteiger charge is 2.34. The van der Waals surface area contributed by atoms with E-state index in [1.54, 1.807) is 6.07 Å². The van der Waals surface area contributed by atoms with Crippen LogP contribution in [-0.2, 0) is 17.4 Å². The number of benzene rings is 2. The van der Waals surface area contributed by atoms with Crippen LogP contribution in [0.1, 0.15) is 68.6 Å². The largest absolute Gasteiger partial charge is 0.481 e. The zero-order valence-electron chi connectivity index (χ0n) is 19.0. The first-order chi connectivity index (χ1) is 15.8. The fourth-order valence-corrected chi connectivity index (χ4v) is 3.50. The second-order valence-corrected chi connectivity index (χ2v) is 8.01. The van der Waals surface area contributed by atoms with E-state index in [4.69, 9.17) is 10.00 Å². The number of carbonyl (C=O) groups is 1. The first-order valence-electron chi connectivity index (χ1n) is 11.4. The molecule has 0 radical (unpaired) electrons. The molecule has 0 fully saturated rings. The van der Waals surface area contributed by atoms with Gasteiger partial charge in [0.15, 0.2) is 6.10 Å². The smallest absolute Gasteiger partial charge is 0.417 e. The normalized spacial score (nSPS) is 12.1. The van der Waals surface area contributed by atoms with Crippen LogP contribution in [0.2, 0.25) is 0 Å². The minimum Gasteiger partial charge on any atom is -0.481 e. The monoisotopic (exact) mass is 460 g/mol. The Morgan fingerprint density at radius 3 is 2.45 bits per heavy atom. The number of hydrogen-bond donors (Lipinski definition) is 1. The van der Waals surface area contributed by atoms with Crippen LogP contribution in [0.5, 0.6) is 5.75 Å². The van der Waals surface area contributed by atoms with Gasteiger partial charge in [0.1, 0.15) is 5.75 Å². The number of nitrogens with one attached hydrogen (secondary N) is 1. The number of unbranched alkanes of at least 4 members (excludes halogenated alkanes) is 4. The van der Waals surface area contributed by atoms with Crippen LogP contribution < -0.4 is 10.1 Å². The number of rotatable bonds is 13. The molecule has 0 aliphatic carbocycles. The lowest BCUT2D eigenvalue weighted by Gasteiger charge is -2.20. The molecule has 2 aromatic rings. The summed E-state index contributed by atoms with van der Waals surface area (Å²) in [5.74, 6) is -0.399. The highest BCUT2D eigenvalue weighted by Crippen LogP contribution is 2.34. The van der Waals surface area contributed by atoms with Crippen LogP contribution in [0.25, 0.3) is 0 Å². The zero-order valence-corrected chi connectivity index (χ0v) is 19.0. The topological polar surface area (TPSA) is 62.1 Å². The fraction of sp³-hybridized carbons (Fsp3) is 0.462. The number of aryl methyl sites for hydroxylation is 1. The van der Waals surface area contributed by atoms with Crippen LogP contribution >= 0.6 is 0 Å². The summed E-state index contributed by atoms with van der Waals surface area (Å²) in [6.45, 7) is 2.46. The summed E-state index contributed by atoms with van der Waals surface area (Å²) < 4.78 is 45.3. The number of nitrogens with zero attached hydrogens (tertiary/aromatic N) is 1. The second kappa shape index (κ2) is 13.5. The number of amides is 1. The van der Waals surface area contributed by atoms with Crippen molar-refractivity contribution < 1.29 is 22.7 Å². The molecule has 0 spiro atoms. The molecule has 7 heteroatoms. The Kier molecular flexibility index (Phi) is 10.8. The van der Waals surface area contributed by atoms with Gasteiger partial charge >= 0.3 is 6.18 Å². The predicted octanol–water partition coefficient (Wildman–Crippen LogP) is 6.43. The van der Waals surface area contributed by atoms with Gasteiger partial charge in [-0.1, -0.05) is 56.5 Å². The summed E-state index contributed by atoms with van der Waals surface area (Å²) in [5, 5.41) is 11.8. The van der Waals surface area contributed by atoms with E-state index in [-0.39, 0.29) is 11.7 Å². The molecule has 0 aliphatic rings. The predicted molar refractivity (Wildman–Crippen MR) is 122 cm³/mol. The van der Waals surface area contributed by atoms with Gasteiger partial charge in [0.25, 0.3) is 5.91 Å². The Balaban J connectivity index is 1.83. The second-order valence-electron chi connectivity index (χ2n) is 8.01. The molecule has 2 rings (SSSR count). The van der Waals surface area contributed by atoms with E-state index in [0.29, 0.717) is 19.4 Å². The van der Waals surface area contributed by atoms with Crippen molar-refractivity contribution in [3.63, 3.8) is 0 Å². The lowest BCUT2D eigenvalue weighted by atomic mass is 10.1. The van der Waals surface area contributed by atoms with Gasteiger partial charge in [-0.25, -0.2) is 0 Å². The molecule has 1 N–H and O–H groups in total. The summed E-state index contributed by atoms with van der Waals surface area (Å²) >= 11 is 0. The molecule has 2 aromatic carbocycles. The third kappa shape index (κ3) is 9.17. The van der Waals surface area contributed by atoms with Crippen molar-refractivity contribution in [3.05, 3.63) is 65.2 Å². The van der Waals surface area contributed by atoms with E-state index >= 15 is 0 Å². The molecular formula is C26H31F3N2O2. The quantitative estimate of drug-likeness (QED) is 0.350. The summed E-state index contributed by atoms with van der Waals surface area (Å²) in [6.07, 6.45) is 1.38. The molecule has 1 amide bonds. The molecule has 1 atom stereocenters. The average Bonchev–Trinajstić information content (AvgIpc) is 2.81. The molecular weight excluding hydrogens is 429 g/mol. The first-order valence-corrected chi connectivity index (χ1v) is 11.4. The van der Waals surface area contributed by atoms with Crippen molar-refractivity contribution in [3.8, 4) is 11.8 Å². The van der Waals surface area contributed by atoms with E-state index in [1.807, 2.05) is 25.1 Å². The molecule has 0 bridgehead atoms. The van der Waals surface area contributed by atoms with Gasteiger partial charge in [0.05, 0.1) is 17.2 Å². The fourth-order valence-electron chi connectivity index (χ4n) is 3.50. The number of hydrogen-bond acceptors (Lipinski definition) is 3. The van der Waals surface area contributed by atoms with Gasteiger partial charge in [-0.3, -0.25) is 4.79 Å². The van der Waals surface area contributed by atoms with E-state index in [0.717, 1.165) is 50.7 Å². The lowest BCUT2D eigenvalue weighted by Crippen LogP contribution is -2.39. The number of halogens is 3. The van der Waals surface area contributed by atoms with E-state index < -0.39 is 23.4 Å². The van der Waals surface area contributed by atoms with Crippen LogP contribution in [0.4, 0.5) is 13.2 Å². The Morgan fingerprint density at radius 2 is 1.79 bits per heavy atom. The highest BCUT2D eigenvalue weighted by molar-refractivity contribution is 5.81. The summed E-state index contributed by atoms with van der Waals surface area (Å²) in [5.41, 5.74) is -0.220. The molecule has 1 unspecified atom stereocenters. The van der Waals surface area contributed by atoms with Gasteiger partial charge in [0.2, 0.25) is 0 Å². The van der Waals surface area contributed by atoms with Gasteiger partial charge < -0.3 is 10.1 Å². The third-order valence-corrected chi connectivity index (χ3v) is 5.34. The Labute approximate surface area is 193 Å². The van der Waals surface area contributed by atoms with E-state index in [9.17, 15) is 18.0 Å². The number of carbonyl (C=O) groups excluding carboxylic acids is 1. The minimum absolute atomic E-state index is 0.0708. The van der Waals surface area contributed by atoms with E-state index in [2.05, 4.69) is 17.4 Å². The van der Waals surface area contributed by atoms with Crippen LogP contribution in [0.15, 0.2) is 48.5 Å². The molecule has 0 saturated carbocycles. The molecule has 0 saturated heterocycles. The van der Waals surface area contributed by atoms with Crippen molar-refractivity contribution in [2.24, 2.45) is 0 Å². The average molecular weight is 461 g/mol. The third-order valence-electron chi connectivity index (χ3n) is 5.34. The van der Waals surface area contributed by atoms with Crippen LogP contribution in [-0.4, -0.2) is 18.6 Å². The van der Waals surface area contributed by atoms with Gasteiger partial charge in [0, 0.05) is 6.54 Å². The molecule has 0 aromatic heterocycles. The number of ether oxygens (including phenoxy) is 1. The minimum atomic E-state index is -4.67. The summed E-state index contributed by atoms with van der Waals surface area (Å²) in [4.78, 5) is 12.6. The van der Waals surface area contributed by atoms with Crippen molar-refractivity contribution in [1.29, 1.82) is 5.26 Å². The molecule has 0 aliphatic heterocycles. The molecule has 33 heavy (non-hydrogen) atoms. The maximum Gasteiger partial charge on any atom is 0.417 e. The maximum atomic E-state index is 13.2. The van der Waals surface area contributed by atoms with Crippen LogP contribution in [0.3, 0.4) is 0 Å². The lowest BCUT2D eigenvalue weighted by molar-refractivity contribution is -0.137. The maximum absolute atomic E-state index is 13.2. The van der Waals surface area contributed by atoms with Gasteiger partial charge in [-0.05, 0) is 55.9 Å². The molecule has 178 valence electrons. The molecule has 4 nitrogen and oxygen atoms in total. The Morgan fingerprint density at radius 1 is 1.06 bits per heavy atom. The van der Waals surface area contributed by atoms with Crippen molar-refractivity contribution in [2.75, 3.05) is 6.54 Å². The summed E-state index contributed by atoms with van der Waals surface area (Å²) in [7, 11) is 0. The standard InChI is InChI=1S/C26H31F3N2O2/c1-2-3-14-24(33-22-16-15-21(19-30)23(18-22)26(27,28)29)25(32)31-17-10-5-4-7-11-20-12-8-6-9-13-20/h6,8-9,12-13,15-16,18,24H,2-5,7,10-11,14,17H2,1H3,(H,31,32). The van der Waals surface area contributed by atoms with Crippen LogP contribution in [0, 0.1) is 11.3 Å². The van der Waals surface area contributed by atoms with Gasteiger partial charge in [-0.15, -0.1) is 0 Å². The zero-order chi connectivity index (χ0) is 24.1. The number of nitriles is 1. The first kappa shape index (κ1) is 26.2. The SMILES string of the molecule is CCCCC(Oc1ccc(C#N)c(C(F)(F)F)c1)C(=O)NCCCCCCc1ccccc1. The van der Waals surface area contributed by atoms with Gasteiger partial charge in [-0.2, -0.15) is 18.4 Å². The van der Waals surface area contributed by atoms with Crippen molar-refractivity contribution in [1.82, 2.24) is 5.32 Å². The number of alkyl halides is 3. The Hall–Kier alpha value is -3.01. The molecule has 0 heterocycles. The Bertz CT molecular complexity index is 908. The van der Waals surface area contributed by atoms with Crippen molar-refractivity contribution >= 4 is 5.91 Å². The summed E-state index contributed by atoms with van der Waals surface area (Å²) in [6, 6.07) is 15.0. The van der Waals surface area contributed by atoms with Crippen molar-refractivity contribution in [2.45, 2.75) is 70.6 Å². The highest BCUT2D eigenvalue weighted by atomic mass is 19.4. The van der Waals surface area contributed by atoms with E-state index in [1.165, 1.54) is 11.6 Å².